The highest BCUT2D eigenvalue weighted by molar-refractivity contribution is 5.05. The van der Waals surface area contributed by atoms with E-state index in [4.69, 9.17) is 18.9 Å². The van der Waals surface area contributed by atoms with Crippen molar-refractivity contribution >= 4 is 0 Å². The van der Waals surface area contributed by atoms with Crippen LogP contribution in [0.4, 0.5) is 0 Å². The molecule has 0 aromatic rings. The summed E-state index contributed by atoms with van der Waals surface area (Å²) in [5.41, 5.74) is 0. The lowest BCUT2D eigenvalue weighted by Crippen LogP contribution is -2.54. The lowest BCUT2D eigenvalue weighted by molar-refractivity contribution is -0.342. The zero-order valence-electron chi connectivity index (χ0n) is 11.6. The summed E-state index contributed by atoms with van der Waals surface area (Å²) in [5.74, 6) is -3.65. The molecule has 6 N–H and O–H groups in total. The maximum Gasteiger partial charge on any atom is 0.222 e. The molecule has 0 saturated carbocycles. The van der Waals surface area contributed by atoms with Crippen LogP contribution in [0.1, 0.15) is 0 Å². The number of rotatable bonds is 3. The van der Waals surface area contributed by atoms with Crippen LogP contribution >= 0.6 is 0 Å². The molecule has 0 aliphatic carbocycles. The van der Waals surface area contributed by atoms with Crippen molar-refractivity contribution in [1.29, 1.82) is 0 Å². The third-order valence-corrected chi connectivity index (χ3v) is 4.42. The number of ether oxygens (including phenoxy) is 4. The third kappa shape index (κ3) is 2.12. The molecule has 0 amide bonds. The summed E-state index contributed by atoms with van der Waals surface area (Å²) in [6, 6.07) is 0. The van der Waals surface area contributed by atoms with E-state index in [2.05, 4.69) is 0 Å². The Morgan fingerprint density at radius 1 is 0.864 bits per heavy atom. The summed E-state index contributed by atoms with van der Waals surface area (Å²) in [6.07, 6.45) is -7.66. The molecule has 3 aliphatic rings. The Labute approximate surface area is 125 Å². The molecule has 3 saturated heterocycles. The molecule has 10 heteroatoms. The standard InChI is InChI=1S/C12H20O10/c13-1-5-7(16)9(17)12(20-5)4-19-11(3-15)10(18)8(22-12)6(2-14)21-11/h5-10,13-18H,1-4H2/t5-,6-,7-,8-,9+,10-,11+,12-/m1/s1. The largest absolute Gasteiger partial charge is 0.394 e. The molecular formula is C12H20O10. The molecule has 2 bridgehead atoms. The number of hydrogen-bond donors (Lipinski definition) is 6. The molecule has 0 aromatic carbocycles. The zero-order valence-corrected chi connectivity index (χ0v) is 11.6. The Kier molecular flexibility index (Phi) is 4.19. The van der Waals surface area contributed by atoms with Crippen LogP contribution in [0.5, 0.6) is 0 Å². The molecule has 1 spiro atoms. The van der Waals surface area contributed by atoms with E-state index in [1.54, 1.807) is 0 Å². The molecule has 0 aromatic heterocycles. The Balaban J connectivity index is 1.92. The van der Waals surface area contributed by atoms with Crippen LogP contribution < -0.4 is 0 Å². The van der Waals surface area contributed by atoms with Gasteiger partial charge in [-0.05, 0) is 0 Å². The van der Waals surface area contributed by atoms with Crippen molar-refractivity contribution in [3.63, 3.8) is 0 Å². The van der Waals surface area contributed by atoms with Gasteiger partial charge in [0.15, 0.2) is 0 Å². The van der Waals surface area contributed by atoms with Crippen molar-refractivity contribution in [3.05, 3.63) is 0 Å². The maximum atomic E-state index is 10.3. The third-order valence-electron chi connectivity index (χ3n) is 4.42. The van der Waals surface area contributed by atoms with Gasteiger partial charge >= 0.3 is 0 Å². The second-order valence-electron chi connectivity index (χ2n) is 5.71. The lowest BCUT2D eigenvalue weighted by Gasteiger charge is -2.36. The van der Waals surface area contributed by atoms with Gasteiger partial charge in [0.05, 0.1) is 13.2 Å². The smallest absolute Gasteiger partial charge is 0.222 e. The molecule has 0 unspecified atom stereocenters. The van der Waals surface area contributed by atoms with Crippen LogP contribution in [0.3, 0.4) is 0 Å². The molecule has 0 radical (unpaired) electrons. The molecule has 3 heterocycles. The maximum absolute atomic E-state index is 10.3. The van der Waals surface area contributed by atoms with E-state index in [0.717, 1.165) is 0 Å². The van der Waals surface area contributed by atoms with Crippen molar-refractivity contribution in [2.24, 2.45) is 0 Å². The average Bonchev–Trinajstić information content (AvgIpc) is 2.87. The summed E-state index contributed by atoms with van der Waals surface area (Å²) in [4.78, 5) is 0. The summed E-state index contributed by atoms with van der Waals surface area (Å²) < 4.78 is 21.7. The molecule has 3 fully saturated rings. The van der Waals surface area contributed by atoms with Crippen molar-refractivity contribution < 1.29 is 49.6 Å². The molecule has 10 nitrogen and oxygen atoms in total. The molecular weight excluding hydrogens is 304 g/mol. The number of hydrogen-bond acceptors (Lipinski definition) is 10. The summed E-state index contributed by atoms with van der Waals surface area (Å²) in [7, 11) is 0. The van der Waals surface area contributed by atoms with Gasteiger partial charge in [-0.3, -0.25) is 0 Å². The fraction of sp³-hybridized carbons (Fsp3) is 1.00. The highest BCUT2D eigenvalue weighted by Crippen LogP contribution is 2.44. The van der Waals surface area contributed by atoms with Gasteiger partial charge < -0.3 is 49.6 Å². The first kappa shape index (κ1) is 16.5. The second kappa shape index (κ2) is 5.60. The highest BCUT2D eigenvalue weighted by atomic mass is 16.8. The van der Waals surface area contributed by atoms with Gasteiger partial charge in [0.1, 0.15) is 49.8 Å². The van der Waals surface area contributed by atoms with Gasteiger partial charge in [0, 0.05) is 0 Å². The first-order valence-corrected chi connectivity index (χ1v) is 6.97. The first-order valence-electron chi connectivity index (χ1n) is 6.97. The Morgan fingerprint density at radius 2 is 1.55 bits per heavy atom. The van der Waals surface area contributed by atoms with Crippen LogP contribution in [0, 0.1) is 0 Å². The minimum absolute atomic E-state index is 0.450. The minimum Gasteiger partial charge on any atom is -0.394 e. The summed E-state index contributed by atoms with van der Waals surface area (Å²) >= 11 is 0. The molecule has 8 atom stereocenters. The quantitative estimate of drug-likeness (QED) is 0.299. The van der Waals surface area contributed by atoms with Crippen LogP contribution in [0.15, 0.2) is 0 Å². The van der Waals surface area contributed by atoms with Gasteiger partial charge in [-0.1, -0.05) is 0 Å². The van der Waals surface area contributed by atoms with Crippen LogP contribution in [-0.4, -0.2) is 105 Å². The Hall–Kier alpha value is -0.400. The van der Waals surface area contributed by atoms with Gasteiger partial charge in [0.25, 0.3) is 0 Å². The molecule has 128 valence electrons. The van der Waals surface area contributed by atoms with Crippen molar-refractivity contribution in [2.75, 3.05) is 26.4 Å². The van der Waals surface area contributed by atoms with E-state index in [1.807, 2.05) is 0 Å². The normalized spacial score (nSPS) is 54.8. The SMILES string of the molecule is OC[C@H]1O[C@@]2(CO[C@@]3(CO)O[C@H](CO)[C@@H](O2)[C@H]3O)[C@@H](O)[C@@H]1O. The van der Waals surface area contributed by atoms with Gasteiger partial charge in [-0.25, -0.2) is 0 Å². The number of aliphatic hydroxyl groups excluding tert-OH is 6. The van der Waals surface area contributed by atoms with E-state index >= 15 is 0 Å². The Bertz CT molecular complexity index is 421. The zero-order chi connectivity index (χ0) is 16.1. The predicted molar refractivity (Wildman–Crippen MR) is 65.3 cm³/mol. The molecule has 3 rings (SSSR count). The van der Waals surface area contributed by atoms with Crippen molar-refractivity contribution in [3.8, 4) is 0 Å². The fourth-order valence-corrected chi connectivity index (χ4v) is 3.13. The molecule has 3 aliphatic heterocycles. The van der Waals surface area contributed by atoms with Crippen molar-refractivity contribution in [2.45, 2.75) is 48.2 Å². The predicted octanol–water partition coefficient (Wildman–Crippen LogP) is -4.35. The average molecular weight is 324 g/mol. The van der Waals surface area contributed by atoms with E-state index < -0.39 is 74.6 Å². The van der Waals surface area contributed by atoms with Gasteiger partial charge in [0.2, 0.25) is 11.6 Å². The highest BCUT2D eigenvalue weighted by Gasteiger charge is 2.66. The van der Waals surface area contributed by atoms with Crippen molar-refractivity contribution in [1.82, 2.24) is 0 Å². The molecule has 22 heavy (non-hydrogen) atoms. The second-order valence-corrected chi connectivity index (χ2v) is 5.71. The monoisotopic (exact) mass is 324 g/mol. The minimum atomic E-state index is -1.84. The van der Waals surface area contributed by atoms with Crippen LogP contribution in [0.2, 0.25) is 0 Å². The first-order chi connectivity index (χ1) is 10.4. The van der Waals surface area contributed by atoms with Gasteiger partial charge in [-0.15, -0.1) is 0 Å². The van der Waals surface area contributed by atoms with E-state index in [-0.39, 0.29) is 0 Å². The lowest BCUT2D eigenvalue weighted by atomic mass is 10.0. The number of aliphatic hydroxyl groups is 6. The fourth-order valence-electron chi connectivity index (χ4n) is 3.13. The van der Waals surface area contributed by atoms with Crippen LogP contribution in [-0.2, 0) is 18.9 Å². The number of fused-ring (bicyclic) bond motifs is 2. The van der Waals surface area contributed by atoms with E-state index in [1.165, 1.54) is 0 Å². The van der Waals surface area contributed by atoms with Crippen LogP contribution in [0.25, 0.3) is 0 Å². The Morgan fingerprint density at radius 3 is 2.09 bits per heavy atom. The summed E-state index contributed by atoms with van der Waals surface area (Å²) in [6.45, 7) is -2.23. The topological polar surface area (TPSA) is 158 Å². The van der Waals surface area contributed by atoms with E-state index in [0.29, 0.717) is 0 Å². The van der Waals surface area contributed by atoms with E-state index in [9.17, 15) is 30.6 Å². The van der Waals surface area contributed by atoms with Gasteiger partial charge in [-0.2, -0.15) is 0 Å². The summed E-state index contributed by atoms with van der Waals surface area (Å²) in [5, 5.41) is 58.3.